The zero-order valence-corrected chi connectivity index (χ0v) is 7.53. The fourth-order valence-electron chi connectivity index (χ4n) is 1.34. The molecule has 1 unspecified atom stereocenters. The van der Waals surface area contributed by atoms with E-state index in [0.717, 1.165) is 12.8 Å². The number of hydrogen-bond donors (Lipinski definition) is 1. The first-order valence-corrected chi connectivity index (χ1v) is 4.47. The monoisotopic (exact) mass is 164 g/mol. The van der Waals surface area contributed by atoms with Gasteiger partial charge < -0.3 is 5.11 Å². The molecular formula is C11H16O. The first kappa shape index (κ1) is 9.27. The third-order valence-electron chi connectivity index (χ3n) is 2.05. The van der Waals surface area contributed by atoms with Gasteiger partial charge in [-0.05, 0) is 24.3 Å². The van der Waals surface area contributed by atoms with Gasteiger partial charge in [0, 0.05) is 6.61 Å². The van der Waals surface area contributed by atoms with E-state index in [1.807, 2.05) is 6.07 Å². The molecule has 0 saturated carbocycles. The molecule has 0 bridgehead atoms. The molecule has 1 N–H and O–H groups in total. The van der Waals surface area contributed by atoms with E-state index in [1.165, 1.54) is 5.56 Å². The van der Waals surface area contributed by atoms with E-state index in [2.05, 4.69) is 31.2 Å². The molecule has 0 fully saturated rings. The smallest absolute Gasteiger partial charge is 0.0433 e. The Labute approximate surface area is 74.1 Å². The van der Waals surface area contributed by atoms with Crippen LogP contribution in [0.3, 0.4) is 0 Å². The lowest BCUT2D eigenvalue weighted by Gasteiger charge is -2.08. The zero-order valence-electron chi connectivity index (χ0n) is 7.53. The van der Waals surface area contributed by atoms with Crippen LogP contribution in [0.5, 0.6) is 0 Å². The van der Waals surface area contributed by atoms with Crippen LogP contribution in [-0.2, 0) is 6.42 Å². The maximum atomic E-state index is 8.71. The van der Waals surface area contributed by atoms with Crippen molar-refractivity contribution in [1.82, 2.24) is 0 Å². The number of rotatable bonds is 4. The number of aliphatic hydroxyl groups is 1. The summed E-state index contributed by atoms with van der Waals surface area (Å²) in [5, 5.41) is 8.71. The van der Waals surface area contributed by atoms with E-state index < -0.39 is 0 Å². The lowest BCUT2D eigenvalue weighted by Crippen LogP contribution is -2.01. The first-order valence-electron chi connectivity index (χ1n) is 4.47. The van der Waals surface area contributed by atoms with Gasteiger partial charge in [0.1, 0.15) is 0 Å². The molecule has 66 valence electrons. The second-order valence-electron chi connectivity index (χ2n) is 3.31. The zero-order chi connectivity index (χ0) is 8.81. The van der Waals surface area contributed by atoms with Gasteiger partial charge in [-0.2, -0.15) is 0 Å². The average Bonchev–Trinajstić information content (AvgIpc) is 2.06. The van der Waals surface area contributed by atoms with Gasteiger partial charge in [0.25, 0.3) is 0 Å². The Bertz CT molecular complexity index is 206. The normalized spacial score (nSPS) is 12.8. The standard InChI is InChI=1S/C11H16O/c1-10(7-8-12)9-11-5-3-2-4-6-11/h2-6,10,12H,7-9H2,1H3. The largest absolute Gasteiger partial charge is 0.396 e. The molecule has 0 aliphatic carbocycles. The summed E-state index contributed by atoms with van der Waals surface area (Å²) < 4.78 is 0. The van der Waals surface area contributed by atoms with Crippen molar-refractivity contribution in [2.75, 3.05) is 6.61 Å². The summed E-state index contributed by atoms with van der Waals surface area (Å²) in [6.07, 6.45) is 1.97. The van der Waals surface area contributed by atoms with Gasteiger partial charge in [0.15, 0.2) is 0 Å². The third kappa shape index (κ3) is 3.05. The molecule has 12 heavy (non-hydrogen) atoms. The van der Waals surface area contributed by atoms with Gasteiger partial charge in [-0.3, -0.25) is 0 Å². The van der Waals surface area contributed by atoms with E-state index in [1.54, 1.807) is 0 Å². The lowest BCUT2D eigenvalue weighted by molar-refractivity contribution is 0.262. The molecule has 0 aliphatic heterocycles. The summed E-state index contributed by atoms with van der Waals surface area (Å²) in [5.41, 5.74) is 1.36. The van der Waals surface area contributed by atoms with Crippen molar-refractivity contribution in [3.8, 4) is 0 Å². The Morgan fingerprint density at radius 3 is 2.50 bits per heavy atom. The third-order valence-corrected chi connectivity index (χ3v) is 2.05. The van der Waals surface area contributed by atoms with Crippen molar-refractivity contribution in [3.05, 3.63) is 35.9 Å². The van der Waals surface area contributed by atoms with E-state index in [-0.39, 0.29) is 0 Å². The molecule has 1 aromatic carbocycles. The molecule has 1 rings (SSSR count). The van der Waals surface area contributed by atoms with Gasteiger partial charge in [-0.1, -0.05) is 37.3 Å². The summed E-state index contributed by atoms with van der Waals surface area (Å²) >= 11 is 0. The summed E-state index contributed by atoms with van der Waals surface area (Å²) in [4.78, 5) is 0. The molecule has 1 atom stereocenters. The first-order chi connectivity index (χ1) is 5.83. The van der Waals surface area contributed by atoms with Gasteiger partial charge in [-0.15, -0.1) is 0 Å². The molecule has 0 aliphatic rings. The maximum Gasteiger partial charge on any atom is 0.0433 e. The second-order valence-corrected chi connectivity index (χ2v) is 3.31. The molecule has 0 amide bonds. The lowest BCUT2D eigenvalue weighted by atomic mass is 9.99. The van der Waals surface area contributed by atoms with Crippen LogP contribution in [0.1, 0.15) is 18.9 Å². The Morgan fingerprint density at radius 1 is 1.25 bits per heavy atom. The van der Waals surface area contributed by atoms with Crippen LogP contribution in [-0.4, -0.2) is 11.7 Å². The van der Waals surface area contributed by atoms with Gasteiger partial charge in [-0.25, -0.2) is 0 Å². The Balaban J connectivity index is 2.41. The summed E-state index contributed by atoms with van der Waals surface area (Å²) in [5.74, 6) is 0.581. The highest BCUT2D eigenvalue weighted by atomic mass is 16.2. The molecule has 0 aromatic heterocycles. The van der Waals surface area contributed by atoms with Gasteiger partial charge >= 0.3 is 0 Å². The Kier molecular flexibility index (Phi) is 3.81. The second kappa shape index (κ2) is 4.94. The van der Waals surface area contributed by atoms with Crippen LogP contribution < -0.4 is 0 Å². The fraction of sp³-hybridized carbons (Fsp3) is 0.455. The predicted molar refractivity (Wildman–Crippen MR) is 51.0 cm³/mol. The SMILES string of the molecule is CC(CCO)Cc1ccccc1. The van der Waals surface area contributed by atoms with Crippen LogP contribution in [0.15, 0.2) is 30.3 Å². The van der Waals surface area contributed by atoms with Gasteiger partial charge in [0.2, 0.25) is 0 Å². The van der Waals surface area contributed by atoms with Crippen molar-refractivity contribution in [2.45, 2.75) is 19.8 Å². The quantitative estimate of drug-likeness (QED) is 0.723. The molecule has 1 aromatic rings. The molecule has 0 heterocycles. The minimum Gasteiger partial charge on any atom is -0.396 e. The topological polar surface area (TPSA) is 20.2 Å². The molecule has 0 radical (unpaired) electrons. The van der Waals surface area contributed by atoms with E-state index in [0.29, 0.717) is 12.5 Å². The van der Waals surface area contributed by atoms with Crippen molar-refractivity contribution >= 4 is 0 Å². The predicted octanol–water partition coefficient (Wildman–Crippen LogP) is 2.25. The molecule has 1 heteroatoms. The van der Waals surface area contributed by atoms with Crippen molar-refractivity contribution in [1.29, 1.82) is 0 Å². The number of hydrogen-bond acceptors (Lipinski definition) is 1. The average molecular weight is 164 g/mol. The van der Waals surface area contributed by atoms with E-state index in [4.69, 9.17) is 5.11 Å². The van der Waals surface area contributed by atoms with E-state index >= 15 is 0 Å². The number of benzene rings is 1. The van der Waals surface area contributed by atoms with Crippen LogP contribution >= 0.6 is 0 Å². The van der Waals surface area contributed by atoms with Crippen LogP contribution in [0.2, 0.25) is 0 Å². The minimum atomic E-state index is 0.300. The molecule has 0 saturated heterocycles. The van der Waals surface area contributed by atoms with Gasteiger partial charge in [0.05, 0.1) is 0 Å². The van der Waals surface area contributed by atoms with Crippen molar-refractivity contribution < 1.29 is 5.11 Å². The highest BCUT2D eigenvalue weighted by Gasteiger charge is 2.01. The molecule has 1 nitrogen and oxygen atoms in total. The van der Waals surface area contributed by atoms with Crippen LogP contribution in [0.4, 0.5) is 0 Å². The van der Waals surface area contributed by atoms with E-state index in [9.17, 15) is 0 Å². The number of aliphatic hydroxyl groups excluding tert-OH is 1. The Hall–Kier alpha value is -0.820. The molecular weight excluding hydrogens is 148 g/mol. The Morgan fingerprint density at radius 2 is 1.92 bits per heavy atom. The highest BCUT2D eigenvalue weighted by Crippen LogP contribution is 2.10. The summed E-state index contributed by atoms with van der Waals surface area (Å²) in [6.45, 7) is 2.47. The maximum absolute atomic E-state index is 8.71. The van der Waals surface area contributed by atoms with Crippen LogP contribution in [0.25, 0.3) is 0 Å². The van der Waals surface area contributed by atoms with Crippen molar-refractivity contribution in [2.24, 2.45) is 5.92 Å². The van der Waals surface area contributed by atoms with Crippen molar-refractivity contribution in [3.63, 3.8) is 0 Å². The van der Waals surface area contributed by atoms with Crippen LogP contribution in [0, 0.1) is 5.92 Å². The highest BCUT2D eigenvalue weighted by molar-refractivity contribution is 5.14. The minimum absolute atomic E-state index is 0.300. The fourth-order valence-corrected chi connectivity index (χ4v) is 1.34. The molecule has 0 spiro atoms. The summed E-state index contributed by atoms with van der Waals surface area (Å²) in [7, 11) is 0. The summed E-state index contributed by atoms with van der Waals surface area (Å²) in [6, 6.07) is 10.4.